The average Bonchev–Trinajstić information content (AvgIpc) is 2.33. The zero-order chi connectivity index (χ0) is 13.5. The third kappa shape index (κ3) is 4.41. The topological polar surface area (TPSA) is 78.8 Å². The zero-order valence-corrected chi connectivity index (χ0v) is 11.9. The van der Waals surface area contributed by atoms with Crippen LogP contribution in [0.3, 0.4) is 0 Å². The molecular weight excluding hydrogens is 246 g/mol. The molecule has 1 heterocycles. The van der Waals surface area contributed by atoms with Crippen LogP contribution in [0.1, 0.15) is 20.3 Å². The zero-order valence-electron chi connectivity index (χ0n) is 11.1. The van der Waals surface area contributed by atoms with Crippen molar-refractivity contribution in [2.24, 2.45) is 5.92 Å². The van der Waals surface area contributed by atoms with Crippen molar-refractivity contribution in [3.8, 4) is 6.07 Å². The number of hydrogen-bond donors (Lipinski definition) is 1. The first-order valence-corrected chi connectivity index (χ1v) is 7.09. The molecule has 0 radical (unpaired) electrons. The number of thioether (sulfide) groups is 1. The maximum Gasteiger partial charge on any atom is 0.191 e. The summed E-state index contributed by atoms with van der Waals surface area (Å²) in [4.78, 5) is 10.7. The summed E-state index contributed by atoms with van der Waals surface area (Å²) in [7, 11) is 0. The molecule has 1 rings (SSSR count). The first-order chi connectivity index (χ1) is 8.56. The number of anilines is 2. The van der Waals surface area contributed by atoms with E-state index in [4.69, 9.17) is 11.0 Å². The second-order valence-electron chi connectivity index (χ2n) is 4.39. The predicted octanol–water partition coefficient (Wildman–Crippen LogP) is 2.16. The van der Waals surface area contributed by atoms with Crippen LogP contribution in [-0.4, -0.2) is 29.3 Å². The molecule has 18 heavy (non-hydrogen) atoms. The van der Waals surface area contributed by atoms with Gasteiger partial charge in [-0.25, -0.2) is 9.97 Å². The van der Waals surface area contributed by atoms with Crippen molar-refractivity contribution in [1.82, 2.24) is 9.97 Å². The standard InChI is InChI=1S/C12H19N5S/c1-9(2)8-17(6-4-5-13)11-7-10(14)15-12(16-11)18-3/h7,9H,4,6,8H2,1-3H3,(H2,14,15,16). The quantitative estimate of drug-likeness (QED) is 0.627. The van der Waals surface area contributed by atoms with E-state index in [1.807, 2.05) is 6.26 Å². The molecule has 6 heteroatoms. The Labute approximate surface area is 112 Å². The monoisotopic (exact) mass is 265 g/mol. The van der Waals surface area contributed by atoms with Crippen molar-refractivity contribution in [3.63, 3.8) is 0 Å². The summed E-state index contributed by atoms with van der Waals surface area (Å²) in [6, 6.07) is 3.93. The second-order valence-corrected chi connectivity index (χ2v) is 5.16. The molecule has 0 spiro atoms. The number of aromatic nitrogens is 2. The van der Waals surface area contributed by atoms with Crippen molar-refractivity contribution in [2.75, 3.05) is 30.0 Å². The predicted molar refractivity (Wildman–Crippen MR) is 75.5 cm³/mol. The fraction of sp³-hybridized carbons (Fsp3) is 0.583. The van der Waals surface area contributed by atoms with Crippen molar-refractivity contribution in [1.29, 1.82) is 5.26 Å². The molecule has 0 aliphatic rings. The Kier molecular flexibility index (Phi) is 5.72. The smallest absolute Gasteiger partial charge is 0.191 e. The van der Waals surface area contributed by atoms with Crippen LogP contribution in [0.25, 0.3) is 0 Å². The highest BCUT2D eigenvalue weighted by Gasteiger charge is 2.12. The van der Waals surface area contributed by atoms with E-state index in [2.05, 4.69) is 34.8 Å². The Bertz CT molecular complexity index is 427. The first kappa shape index (κ1) is 14.6. The Morgan fingerprint density at radius 1 is 1.50 bits per heavy atom. The lowest BCUT2D eigenvalue weighted by molar-refractivity contribution is 0.605. The second kappa shape index (κ2) is 7.07. The first-order valence-electron chi connectivity index (χ1n) is 5.87. The lowest BCUT2D eigenvalue weighted by Crippen LogP contribution is -2.29. The Morgan fingerprint density at radius 2 is 2.22 bits per heavy atom. The van der Waals surface area contributed by atoms with E-state index in [0.717, 1.165) is 12.4 Å². The van der Waals surface area contributed by atoms with Gasteiger partial charge in [-0.3, -0.25) is 0 Å². The lowest BCUT2D eigenvalue weighted by atomic mass is 10.2. The van der Waals surface area contributed by atoms with Crippen LogP contribution < -0.4 is 10.6 Å². The minimum absolute atomic E-state index is 0.468. The number of rotatable bonds is 6. The van der Waals surface area contributed by atoms with E-state index in [1.165, 1.54) is 11.8 Å². The third-order valence-corrected chi connectivity index (χ3v) is 2.85. The normalized spacial score (nSPS) is 10.4. The van der Waals surface area contributed by atoms with Crippen LogP contribution >= 0.6 is 11.8 Å². The van der Waals surface area contributed by atoms with Gasteiger partial charge in [-0.05, 0) is 12.2 Å². The SMILES string of the molecule is CSc1nc(N)cc(N(CCC#N)CC(C)C)n1. The maximum atomic E-state index is 8.71. The number of nitrogens with zero attached hydrogens (tertiary/aromatic N) is 4. The molecule has 0 atom stereocenters. The molecule has 0 saturated carbocycles. The fourth-order valence-corrected chi connectivity index (χ4v) is 1.99. The van der Waals surface area contributed by atoms with Gasteiger partial charge in [0.1, 0.15) is 11.6 Å². The molecule has 0 bridgehead atoms. The van der Waals surface area contributed by atoms with E-state index in [0.29, 0.717) is 29.9 Å². The molecule has 0 aromatic carbocycles. The molecule has 0 saturated heterocycles. The van der Waals surface area contributed by atoms with Crippen molar-refractivity contribution in [2.45, 2.75) is 25.4 Å². The van der Waals surface area contributed by atoms with E-state index in [-0.39, 0.29) is 0 Å². The van der Waals surface area contributed by atoms with Crippen LogP contribution in [0.5, 0.6) is 0 Å². The molecule has 0 fully saturated rings. The summed E-state index contributed by atoms with van der Waals surface area (Å²) in [5.41, 5.74) is 5.78. The van der Waals surface area contributed by atoms with Gasteiger partial charge < -0.3 is 10.6 Å². The summed E-state index contributed by atoms with van der Waals surface area (Å²) >= 11 is 1.46. The Morgan fingerprint density at radius 3 is 2.78 bits per heavy atom. The lowest BCUT2D eigenvalue weighted by Gasteiger charge is -2.25. The molecular formula is C12H19N5S. The Hall–Kier alpha value is -1.48. The number of nitrogen functional groups attached to an aromatic ring is 1. The van der Waals surface area contributed by atoms with Gasteiger partial charge in [-0.2, -0.15) is 5.26 Å². The van der Waals surface area contributed by atoms with Crippen LogP contribution in [-0.2, 0) is 0 Å². The van der Waals surface area contributed by atoms with Crippen molar-refractivity contribution >= 4 is 23.4 Å². The molecule has 98 valence electrons. The average molecular weight is 265 g/mol. The van der Waals surface area contributed by atoms with Crippen LogP contribution in [0.2, 0.25) is 0 Å². The number of nitriles is 1. The molecule has 0 unspecified atom stereocenters. The summed E-state index contributed by atoms with van der Waals surface area (Å²) in [5, 5.41) is 9.38. The third-order valence-electron chi connectivity index (χ3n) is 2.30. The highest BCUT2D eigenvalue weighted by Crippen LogP contribution is 2.19. The van der Waals surface area contributed by atoms with Gasteiger partial charge in [0, 0.05) is 19.2 Å². The molecule has 5 nitrogen and oxygen atoms in total. The minimum atomic E-state index is 0.468. The summed E-state index contributed by atoms with van der Waals surface area (Å²) < 4.78 is 0. The Balaban J connectivity index is 2.96. The molecule has 2 N–H and O–H groups in total. The maximum absolute atomic E-state index is 8.71. The molecule has 0 aliphatic carbocycles. The van der Waals surface area contributed by atoms with Gasteiger partial charge in [0.05, 0.1) is 12.5 Å². The van der Waals surface area contributed by atoms with Gasteiger partial charge in [-0.1, -0.05) is 25.6 Å². The number of hydrogen-bond acceptors (Lipinski definition) is 6. The van der Waals surface area contributed by atoms with Crippen LogP contribution in [0, 0.1) is 17.2 Å². The highest BCUT2D eigenvalue weighted by atomic mass is 32.2. The summed E-state index contributed by atoms with van der Waals surface area (Å²) in [6.45, 7) is 5.80. The van der Waals surface area contributed by atoms with Crippen LogP contribution in [0.15, 0.2) is 11.2 Å². The van der Waals surface area contributed by atoms with E-state index in [9.17, 15) is 0 Å². The molecule has 0 amide bonds. The van der Waals surface area contributed by atoms with Crippen molar-refractivity contribution < 1.29 is 0 Å². The van der Waals surface area contributed by atoms with E-state index >= 15 is 0 Å². The largest absolute Gasteiger partial charge is 0.383 e. The van der Waals surface area contributed by atoms with Gasteiger partial charge in [0.15, 0.2) is 5.16 Å². The number of nitrogens with two attached hydrogens (primary N) is 1. The fourth-order valence-electron chi connectivity index (χ4n) is 1.61. The molecule has 1 aromatic heterocycles. The van der Waals surface area contributed by atoms with Gasteiger partial charge in [-0.15, -0.1) is 0 Å². The van der Waals surface area contributed by atoms with E-state index < -0.39 is 0 Å². The highest BCUT2D eigenvalue weighted by molar-refractivity contribution is 7.98. The van der Waals surface area contributed by atoms with E-state index in [1.54, 1.807) is 6.07 Å². The van der Waals surface area contributed by atoms with Crippen molar-refractivity contribution in [3.05, 3.63) is 6.07 Å². The van der Waals surface area contributed by atoms with Gasteiger partial charge in [0.25, 0.3) is 0 Å². The van der Waals surface area contributed by atoms with Gasteiger partial charge >= 0.3 is 0 Å². The molecule has 0 aliphatic heterocycles. The minimum Gasteiger partial charge on any atom is -0.383 e. The van der Waals surface area contributed by atoms with Gasteiger partial charge in [0.2, 0.25) is 0 Å². The molecule has 1 aromatic rings. The van der Waals surface area contributed by atoms with Crippen LogP contribution in [0.4, 0.5) is 11.6 Å². The summed E-state index contributed by atoms with van der Waals surface area (Å²) in [6.07, 6.45) is 2.39. The summed E-state index contributed by atoms with van der Waals surface area (Å²) in [5.74, 6) is 1.77.